The number of carboxylic acids is 1. The molecule has 0 aromatic rings. The molecule has 2 rings (SSSR count). The molecule has 2 saturated carbocycles. The van der Waals surface area contributed by atoms with Gasteiger partial charge < -0.3 is 15.3 Å². The number of nitrogens with zero attached hydrogens (tertiary/aromatic N) is 1. The number of carbonyl (C=O) groups is 2. The lowest BCUT2D eigenvalue weighted by molar-refractivity contribution is -0.148. The van der Waals surface area contributed by atoms with Crippen LogP contribution in [0.15, 0.2) is 0 Å². The minimum atomic E-state index is -1.01. The summed E-state index contributed by atoms with van der Waals surface area (Å²) < 4.78 is 0. The van der Waals surface area contributed by atoms with Gasteiger partial charge in [0.2, 0.25) is 0 Å². The summed E-state index contributed by atoms with van der Waals surface area (Å²) >= 11 is 0. The maximum Gasteiger partial charge on any atom is 0.329 e. The molecule has 120 valence electrons. The van der Waals surface area contributed by atoms with Gasteiger partial charge in [-0.1, -0.05) is 26.7 Å². The van der Waals surface area contributed by atoms with Crippen LogP contribution in [0.4, 0.5) is 4.79 Å². The Hall–Kier alpha value is -1.26. The summed E-state index contributed by atoms with van der Waals surface area (Å²) in [6.45, 7) is 5.02. The van der Waals surface area contributed by atoms with Crippen molar-refractivity contribution < 1.29 is 14.7 Å². The number of rotatable bonds is 6. The van der Waals surface area contributed by atoms with Crippen molar-refractivity contribution in [2.45, 2.75) is 76.8 Å². The van der Waals surface area contributed by atoms with E-state index in [4.69, 9.17) is 0 Å². The van der Waals surface area contributed by atoms with E-state index in [2.05, 4.69) is 19.2 Å². The molecule has 2 amide bonds. The fourth-order valence-corrected chi connectivity index (χ4v) is 3.26. The summed E-state index contributed by atoms with van der Waals surface area (Å²) in [5, 5.41) is 12.2. The zero-order chi connectivity index (χ0) is 15.5. The quantitative estimate of drug-likeness (QED) is 0.791. The molecule has 2 fully saturated rings. The summed E-state index contributed by atoms with van der Waals surface area (Å²) in [6.07, 6.45) is 7.37. The van der Waals surface area contributed by atoms with Gasteiger partial charge in [-0.15, -0.1) is 0 Å². The first-order valence-corrected chi connectivity index (χ1v) is 8.27. The van der Waals surface area contributed by atoms with Crippen LogP contribution >= 0.6 is 0 Å². The van der Waals surface area contributed by atoms with Crippen LogP contribution in [0.2, 0.25) is 0 Å². The lowest BCUT2D eigenvalue weighted by Gasteiger charge is -2.41. The second-order valence-corrected chi connectivity index (χ2v) is 6.99. The monoisotopic (exact) mass is 296 g/mol. The first-order valence-electron chi connectivity index (χ1n) is 8.27. The maximum absolute atomic E-state index is 12.6. The highest BCUT2D eigenvalue weighted by Crippen LogP contribution is 2.33. The Morgan fingerprint density at radius 2 is 1.86 bits per heavy atom. The topological polar surface area (TPSA) is 69.6 Å². The summed E-state index contributed by atoms with van der Waals surface area (Å²) in [5.74, 6) is -0.351. The van der Waals surface area contributed by atoms with Crippen molar-refractivity contribution in [2.75, 3.05) is 6.54 Å². The number of hydrogen-bond donors (Lipinski definition) is 2. The van der Waals surface area contributed by atoms with E-state index in [9.17, 15) is 14.7 Å². The third kappa shape index (κ3) is 3.69. The molecule has 0 spiro atoms. The van der Waals surface area contributed by atoms with Crippen LogP contribution < -0.4 is 5.32 Å². The average molecular weight is 296 g/mol. The van der Waals surface area contributed by atoms with E-state index in [-0.39, 0.29) is 12.1 Å². The molecule has 0 radical (unpaired) electrons. The average Bonchev–Trinajstić information content (AvgIpc) is 2.87. The van der Waals surface area contributed by atoms with Gasteiger partial charge in [0.05, 0.1) is 0 Å². The molecule has 0 unspecified atom stereocenters. The van der Waals surface area contributed by atoms with Crippen molar-refractivity contribution in [2.24, 2.45) is 5.92 Å². The van der Waals surface area contributed by atoms with Crippen LogP contribution in [0.25, 0.3) is 0 Å². The lowest BCUT2D eigenvalue weighted by Crippen LogP contribution is -2.62. The predicted octanol–water partition coefficient (Wildman–Crippen LogP) is 2.99. The SMILES string of the molecule is CC(C)CCN(C(=O)NC1(C(=O)O)CCC1)C1CCCC1. The van der Waals surface area contributed by atoms with Crippen LogP contribution in [0.1, 0.15) is 65.2 Å². The van der Waals surface area contributed by atoms with E-state index in [1.807, 2.05) is 4.90 Å². The second-order valence-electron chi connectivity index (χ2n) is 6.99. The van der Waals surface area contributed by atoms with Crippen LogP contribution in [0.3, 0.4) is 0 Å². The molecular weight excluding hydrogens is 268 g/mol. The fourth-order valence-electron chi connectivity index (χ4n) is 3.26. The van der Waals surface area contributed by atoms with Crippen molar-refractivity contribution in [3.63, 3.8) is 0 Å². The first-order chi connectivity index (χ1) is 9.94. The first kappa shape index (κ1) is 16.1. The minimum Gasteiger partial charge on any atom is -0.480 e. The molecule has 5 nitrogen and oxygen atoms in total. The Labute approximate surface area is 127 Å². The van der Waals surface area contributed by atoms with Gasteiger partial charge in [-0.25, -0.2) is 9.59 Å². The molecule has 21 heavy (non-hydrogen) atoms. The van der Waals surface area contributed by atoms with E-state index in [1.54, 1.807) is 0 Å². The van der Waals surface area contributed by atoms with Crippen molar-refractivity contribution in [1.29, 1.82) is 0 Å². The zero-order valence-corrected chi connectivity index (χ0v) is 13.2. The Balaban J connectivity index is 2.00. The van der Waals surface area contributed by atoms with Gasteiger partial charge in [0, 0.05) is 12.6 Å². The van der Waals surface area contributed by atoms with Gasteiger partial charge in [-0.2, -0.15) is 0 Å². The summed E-state index contributed by atoms with van der Waals surface area (Å²) in [6, 6.07) is 0.110. The maximum atomic E-state index is 12.6. The number of carboxylic acid groups (broad SMARTS) is 1. The summed E-state index contributed by atoms with van der Waals surface area (Å²) in [5.41, 5.74) is -1.01. The standard InChI is InChI=1S/C16H28N2O3/c1-12(2)8-11-18(13-6-3-4-7-13)15(21)17-16(14(19)20)9-5-10-16/h12-13H,3-11H2,1-2H3,(H,17,21)(H,19,20). The highest BCUT2D eigenvalue weighted by atomic mass is 16.4. The van der Waals surface area contributed by atoms with Crippen LogP contribution in [0.5, 0.6) is 0 Å². The molecule has 5 heteroatoms. The van der Waals surface area contributed by atoms with Crippen molar-refractivity contribution in [3.05, 3.63) is 0 Å². The van der Waals surface area contributed by atoms with Crippen LogP contribution in [-0.2, 0) is 4.79 Å². The third-order valence-electron chi connectivity index (χ3n) is 4.94. The number of nitrogens with one attached hydrogen (secondary N) is 1. The fraction of sp³-hybridized carbons (Fsp3) is 0.875. The number of hydrogen-bond acceptors (Lipinski definition) is 2. The number of carbonyl (C=O) groups excluding carboxylic acids is 1. The van der Waals surface area contributed by atoms with Gasteiger partial charge in [0.15, 0.2) is 0 Å². The molecule has 0 saturated heterocycles. The number of aliphatic carboxylic acids is 1. The summed E-state index contributed by atoms with van der Waals surface area (Å²) in [7, 11) is 0. The molecule has 0 aliphatic heterocycles. The third-order valence-corrected chi connectivity index (χ3v) is 4.94. The van der Waals surface area contributed by atoms with Crippen LogP contribution in [-0.4, -0.2) is 40.1 Å². The molecule has 2 aliphatic rings. The van der Waals surface area contributed by atoms with Gasteiger partial charge in [-0.05, 0) is 44.4 Å². The minimum absolute atomic E-state index is 0.176. The smallest absolute Gasteiger partial charge is 0.329 e. The Morgan fingerprint density at radius 1 is 1.24 bits per heavy atom. The zero-order valence-electron chi connectivity index (χ0n) is 13.2. The number of urea groups is 1. The molecule has 2 aliphatic carbocycles. The number of amides is 2. The highest BCUT2D eigenvalue weighted by molar-refractivity contribution is 5.87. The van der Waals surface area contributed by atoms with E-state index >= 15 is 0 Å². The van der Waals surface area contributed by atoms with E-state index in [0.717, 1.165) is 32.2 Å². The Kier molecular flexibility index (Phi) is 5.12. The van der Waals surface area contributed by atoms with Gasteiger partial charge in [-0.3, -0.25) is 0 Å². The lowest BCUT2D eigenvalue weighted by atomic mass is 9.77. The van der Waals surface area contributed by atoms with Crippen LogP contribution in [0, 0.1) is 5.92 Å². The van der Waals surface area contributed by atoms with Gasteiger partial charge in [0.1, 0.15) is 5.54 Å². The predicted molar refractivity (Wildman–Crippen MR) is 81.2 cm³/mol. The second kappa shape index (κ2) is 6.67. The van der Waals surface area contributed by atoms with Crippen molar-refractivity contribution >= 4 is 12.0 Å². The van der Waals surface area contributed by atoms with Gasteiger partial charge >= 0.3 is 12.0 Å². The molecule has 0 aromatic carbocycles. The molecule has 0 atom stereocenters. The van der Waals surface area contributed by atoms with E-state index < -0.39 is 11.5 Å². The Morgan fingerprint density at radius 3 is 2.29 bits per heavy atom. The van der Waals surface area contributed by atoms with Crippen molar-refractivity contribution in [1.82, 2.24) is 10.2 Å². The van der Waals surface area contributed by atoms with E-state index in [1.165, 1.54) is 12.8 Å². The molecular formula is C16H28N2O3. The highest BCUT2D eigenvalue weighted by Gasteiger charge is 2.46. The molecule has 0 heterocycles. The normalized spacial score (nSPS) is 21.1. The van der Waals surface area contributed by atoms with E-state index in [0.29, 0.717) is 18.8 Å². The summed E-state index contributed by atoms with van der Waals surface area (Å²) in [4.78, 5) is 25.9. The van der Waals surface area contributed by atoms with Gasteiger partial charge in [0.25, 0.3) is 0 Å². The van der Waals surface area contributed by atoms with Crippen molar-refractivity contribution in [3.8, 4) is 0 Å². The molecule has 2 N–H and O–H groups in total. The molecule has 0 aromatic heterocycles. The Bertz CT molecular complexity index is 385. The largest absolute Gasteiger partial charge is 0.480 e. The molecule has 0 bridgehead atoms.